The van der Waals surface area contributed by atoms with E-state index in [2.05, 4.69) is 43.5 Å². The fourth-order valence-corrected chi connectivity index (χ4v) is 8.53. The van der Waals surface area contributed by atoms with E-state index in [9.17, 15) is 19.2 Å². The van der Waals surface area contributed by atoms with Crippen molar-refractivity contribution in [1.82, 2.24) is 10.2 Å². The van der Waals surface area contributed by atoms with Gasteiger partial charge in [-0.3, -0.25) is 14.4 Å². The number of amides is 2. The number of hydrogen-bond acceptors (Lipinski definition) is 6. The number of rotatable bonds is 53. The summed E-state index contributed by atoms with van der Waals surface area (Å²) in [5, 5.41) is 3.08. The molecule has 0 spiro atoms. The SMILES string of the molecule is CCCCCCCCC/C=C\CCCCCCCC(=O)CCCCN(CCCNC(=O)CCCCCCCC/C=C\CCCCCCCCCC)C(=O)CCCOC(C)(C)OCCCC(C)=O. The standard InChI is InChI=1S/C59H110N2O6/c1-6-8-10-12-14-16-18-20-22-24-25-27-29-31-33-35-37-39-48-57(64)60-50-44-52-61(58(65)49-43-54-67-59(4,5)66-53-42-45-55(3)62)51-41-40-47-56(63)46-38-36-34-32-30-28-26-23-21-19-17-15-13-11-9-7-2/h23-26H,6-22,27-54H2,1-5H3,(H,60,64)/b25-24-,26-23-. The van der Waals surface area contributed by atoms with E-state index >= 15 is 0 Å². The number of Topliss-reactive ketones (excluding diaryl/α,β-unsaturated/α-hetero) is 2. The van der Waals surface area contributed by atoms with Crippen LogP contribution in [0.25, 0.3) is 0 Å². The van der Waals surface area contributed by atoms with Gasteiger partial charge in [0.2, 0.25) is 11.8 Å². The van der Waals surface area contributed by atoms with Crippen molar-refractivity contribution in [3.63, 3.8) is 0 Å². The van der Waals surface area contributed by atoms with Gasteiger partial charge in [0, 0.05) is 51.7 Å². The molecule has 8 nitrogen and oxygen atoms in total. The van der Waals surface area contributed by atoms with Gasteiger partial charge in [0.05, 0.1) is 13.2 Å². The molecule has 0 bridgehead atoms. The lowest BCUT2D eigenvalue weighted by molar-refractivity contribution is -0.214. The summed E-state index contributed by atoms with van der Waals surface area (Å²) >= 11 is 0. The van der Waals surface area contributed by atoms with Gasteiger partial charge in [-0.05, 0) is 117 Å². The van der Waals surface area contributed by atoms with E-state index in [0.29, 0.717) is 90.0 Å². The van der Waals surface area contributed by atoms with Crippen LogP contribution in [0.5, 0.6) is 0 Å². The van der Waals surface area contributed by atoms with Gasteiger partial charge < -0.3 is 24.5 Å². The minimum Gasteiger partial charge on any atom is -0.356 e. The molecule has 0 saturated heterocycles. The normalized spacial score (nSPS) is 11.9. The molecule has 0 aromatic heterocycles. The molecule has 0 atom stereocenters. The monoisotopic (exact) mass is 943 g/mol. The van der Waals surface area contributed by atoms with Crippen molar-refractivity contribution in [1.29, 1.82) is 0 Å². The summed E-state index contributed by atoms with van der Waals surface area (Å²) < 4.78 is 11.8. The highest BCUT2D eigenvalue weighted by atomic mass is 16.7. The van der Waals surface area contributed by atoms with Crippen LogP contribution in [0.1, 0.15) is 291 Å². The van der Waals surface area contributed by atoms with Crippen molar-refractivity contribution in [2.24, 2.45) is 0 Å². The Morgan fingerprint density at radius 2 is 0.806 bits per heavy atom. The van der Waals surface area contributed by atoms with Crippen LogP contribution in [0, 0.1) is 0 Å². The van der Waals surface area contributed by atoms with Crippen molar-refractivity contribution in [2.75, 3.05) is 32.8 Å². The third kappa shape index (κ3) is 49.9. The molecule has 0 heterocycles. The van der Waals surface area contributed by atoms with E-state index in [0.717, 1.165) is 38.5 Å². The summed E-state index contributed by atoms with van der Waals surface area (Å²) in [5.74, 6) is -0.109. The Morgan fingerprint density at radius 1 is 0.433 bits per heavy atom. The summed E-state index contributed by atoms with van der Waals surface area (Å²) in [4.78, 5) is 51.8. The first-order chi connectivity index (χ1) is 32.6. The highest BCUT2D eigenvalue weighted by Crippen LogP contribution is 2.16. The Bertz CT molecular complexity index is 1200. The number of hydrogen-bond donors (Lipinski definition) is 1. The van der Waals surface area contributed by atoms with E-state index in [1.165, 1.54) is 167 Å². The van der Waals surface area contributed by atoms with Crippen LogP contribution in [0.3, 0.4) is 0 Å². The van der Waals surface area contributed by atoms with Crippen LogP contribution < -0.4 is 5.32 Å². The minimum absolute atomic E-state index is 0.0833. The van der Waals surface area contributed by atoms with Crippen LogP contribution >= 0.6 is 0 Å². The molecule has 392 valence electrons. The Labute approximate surface area is 415 Å². The fraction of sp³-hybridized carbons (Fsp3) is 0.864. The zero-order valence-electron chi connectivity index (χ0n) is 45.0. The summed E-state index contributed by atoms with van der Waals surface area (Å²) in [6.45, 7) is 12.5. The molecule has 0 aliphatic heterocycles. The van der Waals surface area contributed by atoms with Gasteiger partial charge in [-0.2, -0.15) is 0 Å². The molecular formula is C59H110N2O6. The molecule has 1 N–H and O–H groups in total. The van der Waals surface area contributed by atoms with Gasteiger partial charge in [0.15, 0.2) is 5.79 Å². The Hall–Kier alpha value is -2.32. The van der Waals surface area contributed by atoms with Gasteiger partial charge in [-0.1, -0.05) is 167 Å². The number of nitrogens with one attached hydrogen (secondary N) is 1. The predicted molar refractivity (Wildman–Crippen MR) is 286 cm³/mol. The minimum atomic E-state index is -0.780. The average molecular weight is 944 g/mol. The molecule has 0 aliphatic carbocycles. The lowest BCUT2D eigenvalue weighted by Crippen LogP contribution is -2.35. The van der Waals surface area contributed by atoms with Crippen molar-refractivity contribution in [2.45, 2.75) is 297 Å². The van der Waals surface area contributed by atoms with Crippen molar-refractivity contribution >= 4 is 23.4 Å². The highest BCUT2D eigenvalue weighted by Gasteiger charge is 2.20. The van der Waals surface area contributed by atoms with Gasteiger partial charge in [-0.25, -0.2) is 0 Å². The lowest BCUT2D eigenvalue weighted by Gasteiger charge is -2.26. The maximum Gasteiger partial charge on any atom is 0.222 e. The quantitative estimate of drug-likeness (QED) is 0.0370. The number of carbonyl (C=O) groups excluding carboxylic acids is 4. The molecule has 0 fully saturated rings. The van der Waals surface area contributed by atoms with Gasteiger partial charge >= 0.3 is 0 Å². The Morgan fingerprint density at radius 3 is 1.25 bits per heavy atom. The molecule has 0 unspecified atom stereocenters. The molecule has 0 rings (SSSR count). The molecule has 8 heteroatoms. The third-order valence-electron chi connectivity index (χ3n) is 12.9. The van der Waals surface area contributed by atoms with Crippen LogP contribution in [0.4, 0.5) is 0 Å². The van der Waals surface area contributed by atoms with E-state index in [1.54, 1.807) is 6.92 Å². The number of carbonyl (C=O) groups is 4. The van der Waals surface area contributed by atoms with Crippen LogP contribution in [-0.2, 0) is 28.7 Å². The second-order valence-electron chi connectivity index (χ2n) is 20.2. The number of unbranched alkanes of at least 4 members (excludes halogenated alkanes) is 27. The van der Waals surface area contributed by atoms with Crippen molar-refractivity contribution in [3.05, 3.63) is 24.3 Å². The molecule has 0 saturated carbocycles. The Balaban J connectivity index is 4.36. The molecule has 0 aromatic rings. The topological polar surface area (TPSA) is 102 Å². The molecule has 67 heavy (non-hydrogen) atoms. The average Bonchev–Trinajstić information content (AvgIpc) is 3.30. The van der Waals surface area contributed by atoms with Gasteiger partial charge in [0.1, 0.15) is 11.6 Å². The number of allylic oxidation sites excluding steroid dienone is 4. The lowest BCUT2D eigenvalue weighted by atomic mass is 10.0. The van der Waals surface area contributed by atoms with Gasteiger partial charge in [0.25, 0.3) is 0 Å². The third-order valence-corrected chi connectivity index (χ3v) is 12.9. The number of nitrogens with zero attached hydrogens (tertiary/aromatic N) is 1. The van der Waals surface area contributed by atoms with E-state index < -0.39 is 5.79 Å². The fourth-order valence-electron chi connectivity index (χ4n) is 8.53. The Kier molecular flexibility index (Phi) is 48.3. The second kappa shape index (κ2) is 50.1. The summed E-state index contributed by atoms with van der Waals surface area (Å²) in [7, 11) is 0. The van der Waals surface area contributed by atoms with E-state index in [-0.39, 0.29) is 17.6 Å². The molecule has 0 aliphatic rings. The first-order valence-electron chi connectivity index (χ1n) is 28.7. The van der Waals surface area contributed by atoms with Crippen LogP contribution in [0.2, 0.25) is 0 Å². The van der Waals surface area contributed by atoms with Crippen LogP contribution in [-0.4, -0.2) is 66.9 Å². The maximum absolute atomic E-state index is 13.4. The van der Waals surface area contributed by atoms with E-state index in [4.69, 9.17) is 9.47 Å². The first-order valence-corrected chi connectivity index (χ1v) is 28.7. The van der Waals surface area contributed by atoms with Gasteiger partial charge in [-0.15, -0.1) is 0 Å². The second-order valence-corrected chi connectivity index (χ2v) is 20.2. The summed E-state index contributed by atoms with van der Waals surface area (Å²) in [6, 6.07) is 0. The molecular weight excluding hydrogens is 833 g/mol. The molecule has 0 radical (unpaired) electrons. The molecule has 2 amide bonds. The van der Waals surface area contributed by atoms with Crippen molar-refractivity contribution < 1.29 is 28.7 Å². The van der Waals surface area contributed by atoms with Crippen molar-refractivity contribution in [3.8, 4) is 0 Å². The van der Waals surface area contributed by atoms with Crippen LogP contribution in [0.15, 0.2) is 24.3 Å². The highest BCUT2D eigenvalue weighted by molar-refractivity contribution is 5.78. The number of ketones is 2. The summed E-state index contributed by atoms with van der Waals surface area (Å²) in [6.07, 6.45) is 53.9. The number of ether oxygens (including phenoxy) is 2. The predicted octanol–water partition coefficient (Wildman–Crippen LogP) is 16.6. The summed E-state index contributed by atoms with van der Waals surface area (Å²) in [5.41, 5.74) is 0. The first kappa shape index (κ1) is 64.7. The van der Waals surface area contributed by atoms with E-state index in [1.807, 2.05) is 18.7 Å². The smallest absolute Gasteiger partial charge is 0.222 e. The zero-order chi connectivity index (χ0) is 49.2. The largest absolute Gasteiger partial charge is 0.356 e. The zero-order valence-corrected chi connectivity index (χ0v) is 45.0. The maximum atomic E-state index is 13.4. The molecule has 0 aromatic carbocycles.